The molecule has 2 rings (SSSR count). The average Bonchev–Trinajstić information content (AvgIpc) is 2.60. The molecule has 1 heterocycles. The first-order chi connectivity index (χ1) is 11.1. The summed E-state index contributed by atoms with van der Waals surface area (Å²) >= 11 is 0. The number of nitrogens with one attached hydrogen (secondary N) is 1. The number of aliphatic hydroxyl groups is 1. The molecule has 0 saturated carbocycles. The molecule has 7 nitrogen and oxygen atoms in total. The van der Waals surface area contributed by atoms with Gasteiger partial charge in [0.15, 0.2) is 5.72 Å². The van der Waals surface area contributed by atoms with Crippen LogP contribution in [0, 0.1) is 0 Å². The zero-order valence-electron chi connectivity index (χ0n) is 12.9. The first-order valence-corrected chi connectivity index (χ1v) is 7.57. The van der Waals surface area contributed by atoms with Gasteiger partial charge in [-0.2, -0.15) is 4.99 Å². The Balaban J connectivity index is 2.07. The molecule has 2 N–H and O–H groups in total. The fourth-order valence-corrected chi connectivity index (χ4v) is 2.51. The molecule has 1 saturated heterocycles. The van der Waals surface area contributed by atoms with Crippen molar-refractivity contribution in [3.8, 4) is 0 Å². The summed E-state index contributed by atoms with van der Waals surface area (Å²) in [6.07, 6.45) is 1.65. The lowest BCUT2D eigenvalue weighted by Crippen LogP contribution is -2.49. The summed E-state index contributed by atoms with van der Waals surface area (Å²) in [4.78, 5) is 27.4. The average molecular weight is 319 g/mol. The summed E-state index contributed by atoms with van der Waals surface area (Å²) in [6.45, 7) is 3.21. The lowest BCUT2D eigenvalue weighted by molar-refractivity contribution is -0.129. The third-order valence-electron chi connectivity index (χ3n) is 3.78. The third kappa shape index (κ3) is 5.26. The van der Waals surface area contributed by atoms with Crippen molar-refractivity contribution >= 4 is 12.0 Å². The van der Waals surface area contributed by atoms with Gasteiger partial charge in [0.05, 0.1) is 13.2 Å². The smallest absolute Gasteiger partial charge is 0.245 e. The summed E-state index contributed by atoms with van der Waals surface area (Å²) in [6, 6.07) is 8.94. The van der Waals surface area contributed by atoms with Gasteiger partial charge in [-0.15, -0.1) is 0 Å². The molecule has 1 amide bonds. The van der Waals surface area contributed by atoms with E-state index in [4.69, 9.17) is 4.74 Å². The Labute approximate surface area is 135 Å². The third-order valence-corrected chi connectivity index (χ3v) is 3.78. The quantitative estimate of drug-likeness (QED) is 0.419. The van der Waals surface area contributed by atoms with Crippen LogP contribution < -0.4 is 5.32 Å². The Bertz CT molecular complexity index is 554. The number of rotatable bonds is 7. The fraction of sp³-hybridized carbons (Fsp3) is 0.500. The molecule has 1 aliphatic heterocycles. The van der Waals surface area contributed by atoms with E-state index in [-0.39, 0.29) is 6.54 Å². The normalized spacial score (nSPS) is 17.8. The van der Waals surface area contributed by atoms with Crippen LogP contribution in [0.5, 0.6) is 0 Å². The summed E-state index contributed by atoms with van der Waals surface area (Å²) in [5, 5.41) is 13.5. The summed E-state index contributed by atoms with van der Waals surface area (Å²) in [5.74, 6) is -0.526. The zero-order valence-corrected chi connectivity index (χ0v) is 12.9. The standard InChI is InChI=1S/C16H21N3O4/c20-13-17-12-15(21)18-16(22,14-4-2-1-3-5-14)6-7-19-8-10-23-11-9-19/h1-5,22H,6-12H2,(H,18,21). The number of hydrogen-bond acceptors (Lipinski definition) is 6. The van der Waals surface area contributed by atoms with Crippen LogP contribution in [0.15, 0.2) is 35.3 Å². The maximum Gasteiger partial charge on any atom is 0.245 e. The van der Waals surface area contributed by atoms with E-state index in [9.17, 15) is 14.7 Å². The maximum absolute atomic E-state index is 11.9. The van der Waals surface area contributed by atoms with Gasteiger partial charge in [-0.3, -0.25) is 9.69 Å². The van der Waals surface area contributed by atoms with Crippen molar-refractivity contribution < 1.29 is 19.4 Å². The lowest BCUT2D eigenvalue weighted by Gasteiger charge is -2.33. The van der Waals surface area contributed by atoms with Gasteiger partial charge in [-0.25, -0.2) is 4.79 Å². The van der Waals surface area contributed by atoms with Gasteiger partial charge in [0.25, 0.3) is 0 Å². The lowest BCUT2D eigenvalue weighted by atomic mass is 9.98. The van der Waals surface area contributed by atoms with Crippen LogP contribution in [0.4, 0.5) is 0 Å². The number of benzene rings is 1. The highest BCUT2D eigenvalue weighted by Gasteiger charge is 2.31. The molecule has 0 spiro atoms. The molecule has 23 heavy (non-hydrogen) atoms. The molecule has 1 aliphatic rings. The highest BCUT2D eigenvalue weighted by molar-refractivity contribution is 5.79. The summed E-state index contributed by atoms with van der Waals surface area (Å²) in [7, 11) is 0. The molecule has 1 fully saturated rings. The Kier molecular flexibility index (Phi) is 6.43. The van der Waals surface area contributed by atoms with Crippen LogP contribution in [0.2, 0.25) is 0 Å². The number of aliphatic imine (C=N–C) groups is 1. The van der Waals surface area contributed by atoms with E-state index in [1.54, 1.807) is 24.3 Å². The summed E-state index contributed by atoms with van der Waals surface area (Å²) in [5.41, 5.74) is -0.911. The highest BCUT2D eigenvalue weighted by atomic mass is 16.5. The second kappa shape index (κ2) is 8.55. The van der Waals surface area contributed by atoms with Gasteiger partial charge < -0.3 is 15.2 Å². The monoisotopic (exact) mass is 319 g/mol. The van der Waals surface area contributed by atoms with Crippen molar-refractivity contribution in [2.24, 2.45) is 4.99 Å². The first-order valence-electron chi connectivity index (χ1n) is 7.57. The molecule has 1 aromatic rings. The first kappa shape index (κ1) is 17.3. The van der Waals surface area contributed by atoms with Crippen LogP contribution in [0.25, 0.3) is 0 Å². The minimum absolute atomic E-state index is 0.327. The van der Waals surface area contributed by atoms with E-state index in [2.05, 4.69) is 15.2 Å². The van der Waals surface area contributed by atoms with Crippen molar-refractivity contribution in [1.29, 1.82) is 0 Å². The zero-order chi connectivity index (χ0) is 16.5. The van der Waals surface area contributed by atoms with E-state index in [0.717, 1.165) is 13.1 Å². The highest BCUT2D eigenvalue weighted by Crippen LogP contribution is 2.22. The van der Waals surface area contributed by atoms with E-state index < -0.39 is 11.6 Å². The molecule has 1 aromatic carbocycles. The minimum Gasteiger partial charge on any atom is -0.379 e. The topological polar surface area (TPSA) is 91.2 Å². The number of hydrogen-bond donors (Lipinski definition) is 2. The Hall–Kier alpha value is -2.05. The Morgan fingerprint density at radius 3 is 2.70 bits per heavy atom. The van der Waals surface area contributed by atoms with Crippen molar-refractivity contribution in [2.45, 2.75) is 12.1 Å². The van der Waals surface area contributed by atoms with Gasteiger partial charge >= 0.3 is 0 Å². The van der Waals surface area contributed by atoms with E-state index in [1.807, 2.05) is 6.07 Å². The van der Waals surface area contributed by atoms with Crippen LogP contribution in [-0.4, -0.2) is 61.4 Å². The fourth-order valence-electron chi connectivity index (χ4n) is 2.51. The molecular formula is C16H21N3O4. The van der Waals surface area contributed by atoms with Crippen LogP contribution in [0.3, 0.4) is 0 Å². The van der Waals surface area contributed by atoms with Crippen LogP contribution in [-0.2, 0) is 20.1 Å². The number of amides is 1. The predicted octanol–water partition coefficient (Wildman–Crippen LogP) is 0.00600. The number of morpholine rings is 1. The molecule has 124 valence electrons. The predicted molar refractivity (Wildman–Crippen MR) is 83.3 cm³/mol. The summed E-state index contributed by atoms with van der Waals surface area (Å²) < 4.78 is 5.30. The molecule has 1 atom stereocenters. The largest absolute Gasteiger partial charge is 0.379 e. The number of isocyanates is 1. The van der Waals surface area contributed by atoms with E-state index in [0.29, 0.717) is 31.7 Å². The van der Waals surface area contributed by atoms with E-state index in [1.165, 1.54) is 6.08 Å². The molecule has 7 heteroatoms. The second-order valence-electron chi connectivity index (χ2n) is 5.39. The van der Waals surface area contributed by atoms with Gasteiger partial charge in [0.2, 0.25) is 12.0 Å². The maximum atomic E-state index is 11.9. The van der Waals surface area contributed by atoms with E-state index >= 15 is 0 Å². The Morgan fingerprint density at radius 1 is 1.35 bits per heavy atom. The molecule has 0 aromatic heterocycles. The van der Waals surface area contributed by atoms with Crippen molar-refractivity contribution in [3.05, 3.63) is 35.9 Å². The van der Waals surface area contributed by atoms with Crippen molar-refractivity contribution in [2.75, 3.05) is 39.4 Å². The molecule has 0 aliphatic carbocycles. The number of nitrogens with zero attached hydrogens (tertiary/aromatic N) is 2. The van der Waals surface area contributed by atoms with Gasteiger partial charge in [0, 0.05) is 31.6 Å². The number of ether oxygens (including phenoxy) is 1. The molecular weight excluding hydrogens is 298 g/mol. The molecule has 0 radical (unpaired) electrons. The van der Waals surface area contributed by atoms with Crippen LogP contribution >= 0.6 is 0 Å². The van der Waals surface area contributed by atoms with Crippen molar-refractivity contribution in [1.82, 2.24) is 10.2 Å². The van der Waals surface area contributed by atoms with Gasteiger partial charge in [0.1, 0.15) is 6.54 Å². The van der Waals surface area contributed by atoms with Crippen molar-refractivity contribution in [3.63, 3.8) is 0 Å². The minimum atomic E-state index is -1.50. The SMILES string of the molecule is O=C=NCC(=O)NC(O)(CCN1CCOCC1)c1ccccc1. The van der Waals surface area contributed by atoms with Gasteiger partial charge in [-0.1, -0.05) is 30.3 Å². The number of carbonyl (C=O) groups excluding carboxylic acids is 2. The molecule has 1 unspecified atom stereocenters. The van der Waals surface area contributed by atoms with Crippen LogP contribution in [0.1, 0.15) is 12.0 Å². The second-order valence-corrected chi connectivity index (χ2v) is 5.39. The molecule has 0 bridgehead atoms. The Morgan fingerprint density at radius 2 is 2.04 bits per heavy atom. The van der Waals surface area contributed by atoms with Gasteiger partial charge in [-0.05, 0) is 0 Å². The number of carbonyl (C=O) groups is 1.